The maximum Gasteiger partial charge on any atom is 0.191 e. The molecule has 10 heteroatoms. The highest BCUT2D eigenvalue weighted by atomic mass is 127. The molecule has 1 aliphatic heterocycles. The summed E-state index contributed by atoms with van der Waals surface area (Å²) < 4.78 is 13.0. The molecule has 0 atom stereocenters. The van der Waals surface area contributed by atoms with Crippen molar-refractivity contribution in [2.45, 2.75) is 58.9 Å². The molecule has 0 bridgehead atoms. The molecule has 2 fully saturated rings. The van der Waals surface area contributed by atoms with Crippen LogP contribution in [0.4, 0.5) is 0 Å². The van der Waals surface area contributed by atoms with Crippen molar-refractivity contribution in [3.05, 3.63) is 11.6 Å². The number of guanidine groups is 1. The monoisotopic (exact) mass is 577 g/mol. The van der Waals surface area contributed by atoms with E-state index in [4.69, 9.17) is 14.5 Å². The molecule has 0 amide bonds. The van der Waals surface area contributed by atoms with Gasteiger partial charge in [-0.25, -0.2) is 4.99 Å². The molecule has 1 aliphatic carbocycles. The van der Waals surface area contributed by atoms with Gasteiger partial charge in [-0.2, -0.15) is 0 Å². The second-order valence-corrected chi connectivity index (χ2v) is 9.17. The Hall–Kier alpha value is -0.980. The van der Waals surface area contributed by atoms with Gasteiger partial charge in [-0.1, -0.05) is 19.3 Å². The first-order chi connectivity index (χ1) is 15.6. The molecule has 1 saturated carbocycles. The zero-order valence-electron chi connectivity index (χ0n) is 20.8. The van der Waals surface area contributed by atoms with Gasteiger partial charge in [-0.3, -0.25) is 4.90 Å². The van der Waals surface area contributed by atoms with Gasteiger partial charge in [0.1, 0.15) is 12.4 Å². The van der Waals surface area contributed by atoms with Crippen molar-refractivity contribution >= 4 is 29.9 Å². The second kappa shape index (κ2) is 15.1. The summed E-state index contributed by atoms with van der Waals surface area (Å²) in [5.41, 5.74) is 0.296. The summed E-state index contributed by atoms with van der Waals surface area (Å²) in [7, 11) is 1.99. The molecule has 0 aromatic carbocycles. The predicted octanol–water partition coefficient (Wildman–Crippen LogP) is 2.49. The van der Waals surface area contributed by atoms with Crippen LogP contribution in [0.2, 0.25) is 0 Å². The maximum absolute atomic E-state index is 5.57. The molecular formula is C23H44IN7O2. The highest BCUT2D eigenvalue weighted by Gasteiger charge is 2.34. The Kier molecular flexibility index (Phi) is 12.9. The van der Waals surface area contributed by atoms with Crippen molar-refractivity contribution in [1.29, 1.82) is 0 Å². The minimum Gasteiger partial charge on any atom is -0.382 e. The zero-order valence-corrected chi connectivity index (χ0v) is 23.1. The molecule has 1 aromatic heterocycles. The molecule has 0 radical (unpaired) electrons. The quantitative estimate of drug-likeness (QED) is 0.181. The molecule has 190 valence electrons. The Labute approximate surface area is 216 Å². The molecule has 0 spiro atoms. The van der Waals surface area contributed by atoms with Gasteiger partial charge in [0.2, 0.25) is 0 Å². The number of ether oxygens (including phenoxy) is 2. The Morgan fingerprint density at radius 2 is 1.91 bits per heavy atom. The number of aliphatic imine (C=N–C) groups is 1. The van der Waals surface area contributed by atoms with Crippen LogP contribution in [0.15, 0.2) is 4.99 Å². The SMILES string of the molecule is CCOCCCNC(=NCc1nnc(C)n1C)NCC1(CN2CCOCC2)CCCCC1.I. The minimum atomic E-state index is 0. The van der Waals surface area contributed by atoms with Crippen LogP contribution in [0.25, 0.3) is 0 Å². The van der Waals surface area contributed by atoms with Crippen LogP contribution in [0.1, 0.15) is 57.1 Å². The Morgan fingerprint density at radius 1 is 1.15 bits per heavy atom. The Bertz CT molecular complexity index is 701. The lowest BCUT2D eigenvalue weighted by Crippen LogP contribution is -2.51. The third-order valence-electron chi connectivity index (χ3n) is 6.73. The number of aryl methyl sites for hydroxylation is 1. The first-order valence-corrected chi connectivity index (χ1v) is 12.4. The lowest BCUT2D eigenvalue weighted by Gasteiger charge is -2.42. The summed E-state index contributed by atoms with van der Waals surface area (Å²) in [6, 6.07) is 0. The van der Waals surface area contributed by atoms with Crippen LogP contribution in [0.5, 0.6) is 0 Å². The van der Waals surface area contributed by atoms with E-state index in [1.807, 2.05) is 25.5 Å². The average Bonchev–Trinajstić information content (AvgIpc) is 3.14. The fourth-order valence-corrected chi connectivity index (χ4v) is 4.64. The van der Waals surface area contributed by atoms with Crippen molar-refractivity contribution in [2.75, 3.05) is 59.2 Å². The lowest BCUT2D eigenvalue weighted by molar-refractivity contribution is 0.00820. The van der Waals surface area contributed by atoms with E-state index in [0.717, 1.165) is 83.2 Å². The summed E-state index contributed by atoms with van der Waals surface area (Å²) in [6.45, 7) is 12.7. The topological polar surface area (TPSA) is 88.8 Å². The number of halogens is 1. The van der Waals surface area contributed by atoms with Crippen LogP contribution in [-0.4, -0.2) is 84.8 Å². The summed E-state index contributed by atoms with van der Waals surface area (Å²) in [5.74, 6) is 2.63. The summed E-state index contributed by atoms with van der Waals surface area (Å²) in [4.78, 5) is 7.43. The van der Waals surface area contributed by atoms with E-state index < -0.39 is 0 Å². The van der Waals surface area contributed by atoms with Gasteiger partial charge in [0, 0.05) is 58.4 Å². The van der Waals surface area contributed by atoms with E-state index >= 15 is 0 Å². The number of hydrogen-bond donors (Lipinski definition) is 2. The lowest BCUT2D eigenvalue weighted by atomic mass is 9.73. The van der Waals surface area contributed by atoms with Gasteiger partial charge in [0.05, 0.1) is 13.2 Å². The van der Waals surface area contributed by atoms with Crippen molar-refractivity contribution < 1.29 is 9.47 Å². The third kappa shape index (κ3) is 9.29. The number of aromatic nitrogens is 3. The van der Waals surface area contributed by atoms with Gasteiger partial charge in [0.25, 0.3) is 0 Å². The van der Waals surface area contributed by atoms with E-state index in [-0.39, 0.29) is 24.0 Å². The molecule has 3 rings (SSSR count). The largest absolute Gasteiger partial charge is 0.382 e. The van der Waals surface area contributed by atoms with E-state index in [2.05, 4.69) is 25.7 Å². The van der Waals surface area contributed by atoms with E-state index in [1.165, 1.54) is 32.1 Å². The van der Waals surface area contributed by atoms with Gasteiger partial charge < -0.3 is 24.7 Å². The fraction of sp³-hybridized carbons (Fsp3) is 0.870. The van der Waals surface area contributed by atoms with Gasteiger partial charge in [-0.05, 0) is 33.1 Å². The third-order valence-corrected chi connectivity index (χ3v) is 6.73. The fourth-order valence-electron chi connectivity index (χ4n) is 4.64. The van der Waals surface area contributed by atoms with Crippen molar-refractivity contribution in [1.82, 2.24) is 30.3 Å². The van der Waals surface area contributed by atoms with E-state index in [1.54, 1.807) is 0 Å². The summed E-state index contributed by atoms with van der Waals surface area (Å²) in [6.07, 6.45) is 7.50. The summed E-state index contributed by atoms with van der Waals surface area (Å²) in [5, 5.41) is 15.6. The first kappa shape index (κ1) is 28.3. The molecule has 0 unspecified atom stereocenters. The highest BCUT2D eigenvalue weighted by Crippen LogP contribution is 2.36. The Balaban J connectivity index is 0.00000385. The van der Waals surface area contributed by atoms with Crippen molar-refractivity contribution in [2.24, 2.45) is 17.5 Å². The van der Waals surface area contributed by atoms with Gasteiger partial charge >= 0.3 is 0 Å². The second-order valence-electron chi connectivity index (χ2n) is 9.17. The van der Waals surface area contributed by atoms with Crippen LogP contribution >= 0.6 is 24.0 Å². The minimum absolute atomic E-state index is 0. The van der Waals surface area contributed by atoms with Crippen LogP contribution < -0.4 is 10.6 Å². The summed E-state index contributed by atoms with van der Waals surface area (Å²) >= 11 is 0. The van der Waals surface area contributed by atoms with Crippen LogP contribution in [0, 0.1) is 12.3 Å². The molecule has 2 aliphatic rings. The number of nitrogens with zero attached hydrogens (tertiary/aromatic N) is 5. The van der Waals surface area contributed by atoms with Gasteiger partial charge in [0.15, 0.2) is 11.8 Å². The molecule has 1 aromatic rings. The number of morpholine rings is 1. The molecule has 2 heterocycles. The van der Waals surface area contributed by atoms with Crippen molar-refractivity contribution in [3.63, 3.8) is 0 Å². The van der Waals surface area contributed by atoms with E-state index in [9.17, 15) is 0 Å². The molecule has 33 heavy (non-hydrogen) atoms. The number of hydrogen-bond acceptors (Lipinski definition) is 6. The molecule has 9 nitrogen and oxygen atoms in total. The van der Waals surface area contributed by atoms with Gasteiger partial charge in [-0.15, -0.1) is 34.2 Å². The van der Waals surface area contributed by atoms with E-state index in [0.29, 0.717) is 12.0 Å². The normalized spacial score (nSPS) is 19.2. The maximum atomic E-state index is 5.57. The Morgan fingerprint density at radius 3 is 2.58 bits per heavy atom. The standard InChI is InChI=1S/C23H43N7O2.HI/c1-4-31-14-8-11-24-22(25-17-21-28-27-20(2)29(21)3)26-18-23(9-6-5-7-10-23)19-30-12-15-32-16-13-30;/h4-19H2,1-3H3,(H2,24,25,26);1H. The number of rotatable bonds is 11. The zero-order chi connectivity index (χ0) is 22.7. The molecule has 2 N–H and O–H groups in total. The average molecular weight is 578 g/mol. The predicted molar refractivity (Wildman–Crippen MR) is 142 cm³/mol. The smallest absolute Gasteiger partial charge is 0.191 e. The van der Waals surface area contributed by atoms with Crippen molar-refractivity contribution in [3.8, 4) is 0 Å². The first-order valence-electron chi connectivity index (χ1n) is 12.4. The molecule has 1 saturated heterocycles. The number of nitrogens with one attached hydrogen (secondary N) is 2. The highest BCUT2D eigenvalue weighted by molar-refractivity contribution is 14.0. The van der Waals surface area contributed by atoms with Crippen LogP contribution in [0.3, 0.4) is 0 Å². The van der Waals surface area contributed by atoms with Crippen LogP contribution in [-0.2, 0) is 23.1 Å². The molecular weight excluding hydrogens is 533 g/mol.